The molecule has 2 amide bonds. The van der Waals surface area contributed by atoms with E-state index in [0.29, 0.717) is 28.5 Å². The van der Waals surface area contributed by atoms with Gasteiger partial charge < -0.3 is 14.3 Å². The highest BCUT2D eigenvalue weighted by molar-refractivity contribution is 6.32. The summed E-state index contributed by atoms with van der Waals surface area (Å²) in [6.07, 6.45) is -0.964. The van der Waals surface area contributed by atoms with Crippen LogP contribution in [0.4, 0.5) is 5.69 Å². The van der Waals surface area contributed by atoms with Crippen LogP contribution in [-0.2, 0) is 14.4 Å². The van der Waals surface area contributed by atoms with Gasteiger partial charge in [-0.05, 0) is 30.3 Å². The number of carbonyl (C=O) groups excluding carboxylic acids is 2. The molecule has 0 radical (unpaired) electrons. The normalized spacial score (nSPS) is 21.3. The van der Waals surface area contributed by atoms with Crippen molar-refractivity contribution in [3.63, 3.8) is 0 Å². The second kappa shape index (κ2) is 6.18. The van der Waals surface area contributed by atoms with Crippen LogP contribution in [0.15, 0.2) is 53.7 Å². The number of benzene rings is 2. The standard InChI is InChI=1S/C19H16N2O5/c1-24-12-8-9-14(25-2)13(10-12)16-15-17(26-20-16)19(23)21(18(15)22)11-6-4-3-5-7-11/h3-10,15,17H,1-2H3/t15-,17+/m0/s1. The Balaban J connectivity index is 1.75. The molecule has 2 aliphatic rings. The summed E-state index contributed by atoms with van der Waals surface area (Å²) in [6, 6.07) is 14.0. The maximum Gasteiger partial charge on any atom is 0.278 e. The molecule has 0 N–H and O–H groups in total. The van der Waals surface area contributed by atoms with Gasteiger partial charge in [0, 0.05) is 5.56 Å². The summed E-state index contributed by atoms with van der Waals surface area (Å²) in [6.45, 7) is 0. The van der Waals surface area contributed by atoms with Crippen molar-refractivity contribution in [2.45, 2.75) is 6.10 Å². The molecule has 2 aromatic rings. The van der Waals surface area contributed by atoms with Crippen LogP contribution >= 0.6 is 0 Å². The van der Waals surface area contributed by atoms with Crippen molar-refractivity contribution in [3.05, 3.63) is 54.1 Å². The Morgan fingerprint density at radius 1 is 1.00 bits per heavy atom. The van der Waals surface area contributed by atoms with E-state index < -0.39 is 17.9 Å². The fourth-order valence-corrected chi connectivity index (χ4v) is 3.25. The number of carbonyl (C=O) groups is 2. The highest BCUT2D eigenvalue weighted by atomic mass is 16.7. The Bertz CT molecular complexity index is 909. The number of nitrogens with zero attached hydrogens (tertiary/aromatic N) is 2. The molecule has 2 aliphatic heterocycles. The van der Waals surface area contributed by atoms with E-state index in [4.69, 9.17) is 14.3 Å². The number of para-hydroxylation sites is 1. The molecule has 26 heavy (non-hydrogen) atoms. The minimum atomic E-state index is -0.964. The summed E-state index contributed by atoms with van der Waals surface area (Å²) in [5.41, 5.74) is 1.44. The Morgan fingerprint density at radius 3 is 2.46 bits per heavy atom. The first-order chi connectivity index (χ1) is 12.7. The Labute approximate surface area is 149 Å². The van der Waals surface area contributed by atoms with Crippen molar-refractivity contribution < 1.29 is 23.9 Å². The van der Waals surface area contributed by atoms with Crippen molar-refractivity contribution in [1.82, 2.24) is 0 Å². The lowest BCUT2D eigenvalue weighted by molar-refractivity contribution is -0.126. The van der Waals surface area contributed by atoms with Gasteiger partial charge >= 0.3 is 0 Å². The highest BCUT2D eigenvalue weighted by Crippen LogP contribution is 2.37. The molecule has 4 rings (SSSR count). The lowest BCUT2D eigenvalue weighted by Gasteiger charge is -2.16. The molecule has 0 saturated carbocycles. The van der Waals surface area contributed by atoms with Crippen molar-refractivity contribution in [1.29, 1.82) is 0 Å². The summed E-state index contributed by atoms with van der Waals surface area (Å²) in [5, 5.41) is 4.02. The van der Waals surface area contributed by atoms with Crippen LogP contribution < -0.4 is 14.4 Å². The summed E-state index contributed by atoms with van der Waals surface area (Å²) < 4.78 is 10.6. The molecule has 1 saturated heterocycles. The Morgan fingerprint density at radius 2 is 1.77 bits per heavy atom. The van der Waals surface area contributed by atoms with E-state index in [1.807, 2.05) is 6.07 Å². The van der Waals surface area contributed by atoms with E-state index in [9.17, 15) is 9.59 Å². The highest BCUT2D eigenvalue weighted by Gasteiger charge is 2.56. The first-order valence-corrected chi connectivity index (χ1v) is 8.04. The zero-order valence-corrected chi connectivity index (χ0v) is 14.2. The molecule has 0 unspecified atom stereocenters. The van der Waals surface area contributed by atoms with Crippen molar-refractivity contribution in [2.24, 2.45) is 11.1 Å². The minimum absolute atomic E-state index is 0.363. The third-order valence-electron chi connectivity index (χ3n) is 4.51. The molecule has 7 nitrogen and oxygen atoms in total. The predicted octanol–water partition coefficient (Wildman–Crippen LogP) is 2.00. The van der Waals surface area contributed by atoms with E-state index in [0.717, 1.165) is 4.90 Å². The number of methoxy groups -OCH3 is 2. The van der Waals surface area contributed by atoms with Crippen LogP contribution in [0.25, 0.3) is 0 Å². The van der Waals surface area contributed by atoms with Crippen LogP contribution in [0, 0.1) is 5.92 Å². The predicted molar refractivity (Wildman–Crippen MR) is 93.4 cm³/mol. The van der Waals surface area contributed by atoms with Gasteiger partial charge in [-0.1, -0.05) is 23.4 Å². The van der Waals surface area contributed by atoms with Gasteiger partial charge in [0.25, 0.3) is 5.91 Å². The molecule has 1 fully saturated rings. The molecule has 2 heterocycles. The summed E-state index contributed by atoms with van der Waals surface area (Å²) >= 11 is 0. The van der Waals surface area contributed by atoms with Gasteiger partial charge in [0.05, 0.1) is 19.9 Å². The van der Waals surface area contributed by atoms with Gasteiger partial charge in [-0.25, -0.2) is 4.90 Å². The molecule has 132 valence electrons. The molecular weight excluding hydrogens is 336 g/mol. The summed E-state index contributed by atoms with van der Waals surface area (Å²) in [5.74, 6) is -0.501. The zero-order valence-electron chi connectivity index (χ0n) is 14.2. The summed E-state index contributed by atoms with van der Waals surface area (Å²) in [4.78, 5) is 32.2. The number of rotatable bonds is 4. The van der Waals surface area contributed by atoms with Gasteiger partial charge in [0.2, 0.25) is 12.0 Å². The monoisotopic (exact) mass is 352 g/mol. The van der Waals surface area contributed by atoms with Crippen molar-refractivity contribution in [2.75, 3.05) is 19.1 Å². The molecule has 0 bridgehead atoms. The number of oxime groups is 1. The van der Waals surface area contributed by atoms with Gasteiger partial charge in [0.15, 0.2) is 0 Å². The maximum absolute atomic E-state index is 13.0. The quantitative estimate of drug-likeness (QED) is 0.787. The fraction of sp³-hybridized carbons (Fsp3) is 0.211. The lowest BCUT2D eigenvalue weighted by atomic mass is 9.93. The third-order valence-corrected chi connectivity index (χ3v) is 4.51. The average molecular weight is 352 g/mol. The largest absolute Gasteiger partial charge is 0.497 e. The van der Waals surface area contributed by atoms with E-state index in [-0.39, 0.29) is 5.91 Å². The van der Waals surface area contributed by atoms with Crippen LogP contribution in [0.5, 0.6) is 11.5 Å². The van der Waals surface area contributed by atoms with Gasteiger partial charge in [-0.15, -0.1) is 0 Å². The molecular formula is C19H16N2O5. The van der Waals surface area contributed by atoms with E-state index >= 15 is 0 Å². The molecule has 2 aromatic carbocycles. The third kappa shape index (κ3) is 2.32. The topological polar surface area (TPSA) is 77.4 Å². The molecule has 0 aromatic heterocycles. The lowest BCUT2D eigenvalue weighted by Crippen LogP contribution is -2.33. The number of imide groups is 1. The zero-order chi connectivity index (χ0) is 18.3. The summed E-state index contributed by atoms with van der Waals surface area (Å²) in [7, 11) is 3.07. The smallest absolute Gasteiger partial charge is 0.278 e. The molecule has 2 atom stereocenters. The molecule has 0 aliphatic carbocycles. The number of anilines is 1. The average Bonchev–Trinajstić information content (AvgIpc) is 3.22. The van der Waals surface area contributed by atoms with Crippen LogP contribution in [0.3, 0.4) is 0 Å². The van der Waals surface area contributed by atoms with Crippen molar-refractivity contribution in [3.8, 4) is 11.5 Å². The van der Waals surface area contributed by atoms with Gasteiger partial charge in [0.1, 0.15) is 23.1 Å². The fourth-order valence-electron chi connectivity index (χ4n) is 3.25. The molecule has 0 spiro atoms. The van der Waals surface area contributed by atoms with Crippen LogP contribution in [0.1, 0.15) is 5.56 Å². The minimum Gasteiger partial charge on any atom is -0.497 e. The number of ether oxygens (including phenoxy) is 2. The second-order valence-corrected chi connectivity index (χ2v) is 5.89. The molecule has 7 heteroatoms. The maximum atomic E-state index is 13.0. The number of hydrogen-bond donors (Lipinski definition) is 0. The number of hydrogen-bond acceptors (Lipinski definition) is 6. The van der Waals surface area contributed by atoms with Crippen LogP contribution in [-0.4, -0.2) is 37.8 Å². The van der Waals surface area contributed by atoms with Crippen LogP contribution in [0.2, 0.25) is 0 Å². The van der Waals surface area contributed by atoms with E-state index in [1.54, 1.807) is 49.6 Å². The Hall–Kier alpha value is -3.35. The van der Waals surface area contributed by atoms with Gasteiger partial charge in [-0.2, -0.15) is 0 Å². The second-order valence-electron chi connectivity index (χ2n) is 5.89. The first-order valence-electron chi connectivity index (χ1n) is 8.04. The first kappa shape index (κ1) is 16.1. The number of amides is 2. The van der Waals surface area contributed by atoms with Crippen molar-refractivity contribution >= 4 is 23.2 Å². The van der Waals surface area contributed by atoms with Gasteiger partial charge in [-0.3, -0.25) is 9.59 Å². The number of fused-ring (bicyclic) bond motifs is 1. The SMILES string of the molecule is COc1ccc(OC)c(C2=NO[C@H]3C(=O)N(c4ccccc4)C(=O)[C@@H]23)c1. The Kier molecular flexibility index (Phi) is 3.84. The van der Waals surface area contributed by atoms with E-state index in [2.05, 4.69) is 5.16 Å². The van der Waals surface area contributed by atoms with E-state index in [1.165, 1.54) is 7.11 Å².